The van der Waals surface area contributed by atoms with E-state index >= 15 is 0 Å². The van der Waals surface area contributed by atoms with Crippen LogP contribution in [0.1, 0.15) is 31.8 Å². The number of Topliss-reactive ketones (excluding diaryl/α,β-unsaturated/α-hetero) is 2. The fourth-order valence-electron chi connectivity index (χ4n) is 3.85. The van der Waals surface area contributed by atoms with Gasteiger partial charge in [0.1, 0.15) is 19.0 Å². The second kappa shape index (κ2) is 10.3. The van der Waals surface area contributed by atoms with Crippen molar-refractivity contribution in [1.29, 1.82) is 0 Å². The Labute approximate surface area is 198 Å². The van der Waals surface area contributed by atoms with E-state index in [9.17, 15) is 9.59 Å². The fourth-order valence-corrected chi connectivity index (χ4v) is 3.85. The Balaban J connectivity index is 1.64. The maximum absolute atomic E-state index is 13.4. The van der Waals surface area contributed by atoms with Gasteiger partial charge in [0.15, 0.2) is 23.0 Å². The summed E-state index contributed by atoms with van der Waals surface area (Å²) >= 11 is 0. The summed E-state index contributed by atoms with van der Waals surface area (Å²) in [4.78, 5) is 26.5. The van der Waals surface area contributed by atoms with Crippen LogP contribution in [0.4, 0.5) is 0 Å². The van der Waals surface area contributed by atoms with Gasteiger partial charge in [-0.25, -0.2) is 0 Å². The normalized spacial score (nSPS) is 12.1. The van der Waals surface area contributed by atoms with Crippen LogP contribution in [0.25, 0.3) is 0 Å². The summed E-state index contributed by atoms with van der Waals surface area (Å²) in [5.74, 6) is 1.42. The van der Waals surface area contributed by atoms with Gasteiger partial charge < -0.3 is 23.7 Å². The van der Waals surface area contributed by atoms with Crippen molar-refractivity contribution in [1.82, 2.24) is 0 Å². The predicted molar refractivity (Wildman–Crippen MR) is 126 cm³/mol. The van der Waals surface area contributed by atoms with Crippen LogP contribution in [-0.4, -0.2) is 46.1 Å². The zero-order valence-electron chi connectivity index (χ0n) is 19.4. The van der Waals surface area contributed by atoms with Crippen LogP contribution in [0.5, 0.6) is 28.7 Å². The van der Waals surface area contributed by atoms with Gasteiger partial charge in [-0.15, -0.1) is 0 Å². The Kier molecular flexibility index (Phi) is 7.01. The van der Waals surface area contributed by atoms with Crippen LogP contribution in [0, 0.1) is 0 Å². The molecule has 3 aromatic rings. The zero-order valence-corrected chi connectivity index (χ0v) is 19.4. The van der Waals surface area contributed by atoms with E-state index in [0.29, 0.717) is 54.6 Å². The van der Waals surface area contributed by atoms with E-state index in [0.717, 1.165) is 16.9 Å². The van der Waals surface area contributed by atoms with Crippen LogP contribution < -0.4 is 23.7 Å². The van der Waals surface area contributed by atoms with Crippen molar-refractivity contribution in [3.8, 4) is 28.7 Å². The van der Waals surface area contributed by atoms with Crippen LogP contribution in [0.15, 0.2) is 54.6 Å². The third-order valence-corrected chi connectivity index (χ3v) is 5.71. The number of carbonyl (C=O) groups is 2. The number of carbonyl (C=O) groups excluding carboxylic acids is 2. The molecule has 0 aromatic heterocycles. The quantitative estimate of drug-likeness (QED) is 0.346. The van der Waals surface area contributed by atoms with E-state index in [1.807, 2.05) is 24.3 Å². The first-order valence-corrected chi connectivity index (χ1v) is 10.9. The van der Waals surface area contributed by atoms with Crippen molar-refractivity contribution >= 4 is 11.6 Å². The Morgan fingerprint density at radius 2 is 1.41 bits per heavy atom. The summed E-state index contributed by atoms with van der Waals surface area (Å²) in [5.41, 5.74) is 2.33. The maximum atomic E-state index is 13.4. The summed E-state index contributed by atoms with van der Waals surface area (Å²) in [5, 5.41) is 0. The summed E-state index contributed by atoms with van der Waals surface area (Å²) in [6.07, 6.45) is 1.22. The van der Waals surface area contributed by atoms with Crippen molar-refractivity contribution in [2.45, 2.75) is 12.8 Å². The van der Waals surface area contributed by atoms with Gasteiger partial charge in [0.25, 0.3) is 0 Å². The van der Waals surface area contributed by atoms with Crippen molar-refractivity contribution in [3.05, 3.63) is 76.9 Å². The molecule has 1 aliphatic rings. The molecule has 34 heavy (non-hydrogen) atoms. The standard InChI is InChI=1S/C27H26O7/c1-30-20-9-5-17(6-10-20)4-7-18-14-24-25(34-13-12-33-24)16-21(18)27(29)26(28)19-8-11-22(31-2)23(15-19)32-3/h5-6,8-11,14-16H,4,7,12-13H2,1-3H3. The van der Waals surface area contributed by atoms with Crippen molar-refractivity contribution in [3.63, 3.8) is 0 Å². The summed E-state index contributed by atoms with van der Waals surface area (Å²) in [6, 6.07) is 15.8. The van der Waals surface area contributed by atoms with Gasteiger partial charge in [-0.3, -0.25) is 9.59 Å². The molecule has 0 aliphatic carbocycles. The van der Waals surface area contributed by atoms with E-state index in [-0.39, 0.29) is 5.56 Å². The third-order valence-electron chi connectivity index (χ3n) is 5.71. The number of methoxy groups -OCH3 is 3. The van der Waals surface area contributed by atoms with Gasteiger partial charge in [0.05, 0.1) is 21.3 Å². The lowest BCUT2D eigenvalue weighted by Crippen LogP contribution is -2.20. The van der Waals surface area contributed by atoms with Crippen molar-refractivity contribution in [2.75, 3.05) is 34.5 Å². The Hall–Kier alpha value is -4.00. The molecule has 7 nitrogen and oxygen atoms in total. The molecule has 0 N–H and O–H groups in total. The molecule has 7 heteroatoms. The average Bonchev–Trinajstić information content (AvgIpc) is 2.90. The molecular formula is C27H26O7. The lowest BCUT2D eigenvalue weighted by Gasteiger charge is -2.21. The maximum Gasteiger partial charge on any atom is 0.233 e. The molecule has 0 fully saturated rings. The molecule has 0 saturated heterocycles. The van der Waals surface area contributed by atoms with E-state index in [2.05, 4.69) is 0 Å². The van der Waals surface area contributed by atoms with Crippen molar-refractivity contribution in [2.24, 2.45) is 0 Å². The molecule has 1 aliphatic heterocycles. The zero-order chi connectivity index (χ0) is 24.1. The van der Waals surface area contributed by atoms with Crippen LogP contribution >= 0.6 is 0 Å². The summed E-state index contributed by atoms with van der Waals surface area (Å²) in [7, 11) is 4.61. The van der Waals surface area contributed by atoms with Gasteiger partial charge in [0.2, 0.25) is 11.6 Å². The first-order valence-electron chi connectivity index (χ1n) is 10.9. The Morgan fingerprint density at radius 1 is 0.735 bits per heavy atom. The van der Waals surface area contributed by atoms with E-state index in [1.165, 1.54) is 20.3 Å². The summed E-state index contributed by atoms with van der Waals surface area (Å²) < 4.78 is 27.1. The number of benzene rings is 3. The highest BCUT2D eigenvalue weighted by Crippen LogP contribution is 2.35. The molecule has 0 radical (unpaired) electrons. The highest BCUT2D eigenvalue weighted by molar-refractivity contribution is 6.49. The number of rotatable bonds is 9. The Bertz CT molecular complexity index is 1200. The minimum absolute atomic E-state index is 0.221. The minimum atomic E-state index is -0.636. The molecule has 0 unspecified atom stereocenters. The Morgan fingerprint density at radius 3 is 2.06 bits per heavy atom. The fraction of sp³-hybridized carbons (Fsp3) is 0.259. The molecule has 0 spiro atoms. The number of hydrogen-bond donors (Lipinski definition) is 0. The molecular weight excluding hydrogens is 436 g/mol. The topological polar surface area (TPSA) is 80.3 Å². The largest absolute Gasteiger partial charge is 0.497 e. The van der Waals surface area contributed by atoms with E-state index in [1.54, 1.807) is 31.4 Å². The van der Waals surface area contributed by atoms with E-state index in [4.69, 9.17) is 23.7 Å². The van der Waals surface area contributed by atoms with Crippen LogP contribution in [0.2, 0.25) is 0 Å². The monoisotopic (exact) mass is 462 g/mol. The summed E-state index contributed by atoms with van der Waals surface area (Å²) in [6.45, 7) is 0.818. The smallest absolute Gasteiger partial charge is 0.233 e. The minimum Gasteiger partial charge on any atom is -0.497 e. The average molecular weight is 462 g/mol. The highest BCUT2D eigenvalue weighted by atomic mass is 16.6. The molecule has 0 saturated carbocycles. The van der Waals surface area contributed by atoms with E-state index < -0.39 is 11.6 Å². The predicted octanol–water partition coefficient (Wildman–Crippen LogP) is 4.33. The lowest BCUT2D eigenvalue weighted by atomic mass is 9.93. The highest BCUT2D eigenvalue weighted by Gasteiger charge is 2.26. The van der Waals surface area contributed by atoms with Gasteiger partial charge in [0, 0.05) is 11.1 Å². The molecule has 0 atom stereocenters. The van der Waals surface area contributed by atoms with Gasteiger partial charge in [-0.1, -0.05) is 12.1 Å². The van der Waals surface area contributed by atoms with Gasteiger partial charge >= 0.3 is 0 Å². The van der Waals surface area contributed by atoms with Gasteiger partial charge in [-0.05, 0) is 66.4 Å². The number of ketones is 2. The molecule has 0 bridgehead atoms. The number of ether oxygens (including phenoxy) is 5. The number of hydrogen-bond acceptors (Lipinski definition) is 7. The first-order chi connectivity index (χ1) is 16.5. The van der Waals surface area contributed by atoms with Crippen LogP contribution in [0.3, 0.4) is 0 Å². The lowest BCUT2D eigenvalue weighted by molar-refractivity contribution is 0.0815. The second-order valence-corrected chi connectivity index (χ2v) is 7.73. The number of fused-ring (bicyclic) bond motifs is 1. The number of aryl methyl sites for hydroxylation is 2. The molecule has 176 valence electrons. The van der Waals surface area contributed by atoms with Crippen molar-refractivity contribution < 1.29 is 33.3 Å². The second-order valence-electron chi connectivity index (χ2n) is 7.73. The van der Waals surface area contributed by atoms with Gasteiger partial charge in [-0.2, -0.15) is 0 Å². The molecule has 1 heterocycles. The molecule has 3 aromatic carbocycles. The molecule has 0 amide bonds. The first kappa shape index (κ1) is 23.2. The third kappa shape index (κ3) is 4.83. The molecule has 4 rings (SSSR count). The SMILES string of the molecule is COc1ccc(CCc2cc3c(cc2C(=O)C(=O)c2ccc(OC)c(OC)c2)OCCO3)cc1. The van der Waals surface area contributed by atoms with Crippen LogP contribution in [-0.2, 0) is 12.8 Å².